The molecule has 0 spiro atoms. The van der Waals surface area contributed by atoms with Crippen LogP contribution in [0.25, 0.3) is 0 Å². The highest BCUT2D eigenvalue weighted by Crippen LogP contribution is 2.29. The molecular formula is C14H14ClN3O2. The average molecular weight is 292 g/mol. The first kappa shape index (κ1) is 14.1. The maximum atomic E-state index is 11.2. The molecule has 5 nitrogen and oxygen atoms in total. The number of carbonyl (C=O) groups is 1. The van der Waals surface area contributed by atoms with Gasteiger partial charge in [0.1, 0.15) is 0 Å². The number of halogens is 1. The summed E-state index contributed by atoms with van der Waals surface area (Å²) in [6, 6.07) is 8.52. The van der Waals surface area contributed by atoms with Crippen LogP contribution in [-0.4, -0.2) is 16.1 Å². The second-order valence-corrected chi connectivity index (χ2v) is 4.76. The number of nitrogen functional groups attached to an aromatic ring is 1. The minimum atomic E-state index is -1.08. The van der Waals surface area contributed by atoms with Gasteiger partial charge in [0.15, 0.2) is 0 Å². The quantitative estimate of drug-likeness (QED) is 0.754. The summed E-state index contributed by atoms with van der Waals surface area (Å²) in [7, 11) is 0. The number of anilines is 2. The van der Waals surface area contributed by atoms with Gasteiger partial charge in [-0.2, -0.15) is 0 Å². The number of rotatable bonds is 4. The normalized spacial score (nSPS) is 10.3. The van der Waals surface area contributed by atoms with Crippen LogP contribution in [0, 0.1) is 6.92 Å². The fourth-order valence-corrected chi connectivity index (χ4v) is 2.15. The Morgan fingerprint density at radius 2 is 2.20 bits per heavy atom. The van der Waals surface area contributed by atoms with E-state index < -0.39 is 5.97 Å². The largest absolute Gasteiger partial charge is 0.478 e. The third-order valence-corrected chi connectivity index (χ3v) is 3.03. The van der Waals surface area contributed by atoms with Crippen LogP contribution in [0.1, 0.15) is 21.7 Å². The van der Waals surface area contributed by atoms with E-state index in [1.165, 1.54) is 12.1 Å². The van der Waals surface area contributed by atoms with Crippen molar-refractivity contribution in [3.63, 3.8) is 0 Å². The van der Waals surface area contributed by atoms with Crippen molar-refractivity contribution in [2.75, 3.05) is 11.1 Å². The lowest BCUT2D eigenvalue weighted by atomic mass is 10.1. The zero-order chi connectivity index (χ0) is 14.7. The average Bonchev–Trinajstić information content (AvgIpc) is 2.36. The molecule has 0 amide bonds. The molecule has 4 N–H and O–H groups in total. The molecule has 0 saturated heterocycles. The minimum absolute atomic E-state index is 0.0441. The van der Waals surface area contributed by atoms with E-state index in [2.05, 4.69) is 10.3 Å². The van der Waals surface area contributed by atoms with Crippen molar-refractivity contribution in [2.45, 2.75) is 13.5 Å². The Morgan fingerprint density at radius 1 is 1.45 bits per heavy atom. The Bertz CT molecular complexity index is 659. The standard InChI is InChI=1S/C14H14ClN3O2/c1-8-3-2-4-10(18-8)7-17-13-11(14(19)20)5-9(16)6-12(13)15/h2-6,17H,7,16H2,1H3,(H,19,20). The third kappa shape index (κ3) is 3.19. The molecule has 2 aromatic rings. The first-order valence-corrected chi connectivity index (χ1v) is 6.34. The van der Waals surface area contributed by atoms with Crippen molar-refractivity contribution in [2.24, 2.45) is 0 Å². The van der Waals surface area contributed by atoms with Gasteiger partial charge in [0.05, 0.1) is 28.5 Å². The molecule has 1 aromatic carbocycles. The number of carboxylic acid groups (broad SMARTS) is 1. The van der Waals surface area contributed by atoms with Gasteiger partial charge in [0.2, 0.25) is 0 Å². The van der Waals surface area contributed by atoms with E-state index in [1.807, 2.05) is 25.1 Å². The van der Waals surface area contributed by atoms with E-state index in [9.17, 15) is 9.90 Å². The molecule has 6 heteroatoms. The fraction of sp³-hybridized carbons (Fsp3) is 0.143. The molecule has 0 fully saturated rings. The van der Waals surface area contributed by atoms with Crippen LogP contribution >= 0.6 is 11.6 Å². The maximum Gasteiger partial charge on any atom is 0.337 e. The van der Waals surface area contributed by atoms with Crippen molar-refractivity contribution in [1.82, 2.24) is 4.98 Å². The lowest BCUT2D eigenvalue weighted by Gasteiger charge is -2.12. The van der Waals surface area contributed by atoms with Gasteiger partial charge in [-0.3, -0.25) is 4.98 Å². The molecule has 2 rings (SSSR count). The second-order valence-electron chi connectivity index (χ2n) is 4.35. The van der Waals surface area contributed by atoms with Crippen LogP contribution in [0.3, 0.4) is 0 Å². The Balaban J connectivity index is 2.27. The lowest BCUT2D eigenvalue weighted by Crippen LogP contribution is -2.09. The summed E-state index contributed by atoms with van der Waals surface area (Å²) in [5.41, 5.74) is 8.00. The number of nitrogens with zero attached hydrogens (tertiary/aromatic N) is 1. The number of aromatic carboxylic acids is 1. The van der Waals surface area contributed by atoms with Crippen LogP contribution in [0.15, 0.2) is 30.3 Å². The van der Waals surface area contributed by atoms with Gasteiger partial charge in [-0.25, -0.2) is 4.79 Å². The smallest absolute Gasteiger partial charge is 0.337 e. The molecular weight excluding hydrogens is 278 g/mol. The van der Waals surface area contributed by atoms with Crippen LogP contribution in [-0.2, 0) is 6.54 Å². The zero-order valence-corrected chi connectivity index (χ0v) is 11.6. The fourth-order valence-electron chi connectivity index (χ4n) is 1.85. The van der Waals surface area contributed by atoms with Gasteiger partial charge >= 0.3 is 5.97 Å². The Morgan fingerprint density at radius 3 is 2.85 bits per heavy atom. The highest BCUT2D eigenvalue weighted by Gasteiger charge is 2.14. The Hall–Kier alpha value is -2.27. The van der Waals surface area contributed by atoms with Gasteiger partial charge in [-0.1, -0.05) is 17.7 Å². The Kier molecular flexibility index (Phi) is 4.10. The molecule has 0 saturated carbocycles. The van der Waals surface area contributed by atoms with E-state index in [0.717, 1.165) is 11.4 Å². The second kappa shape index (κ2) is 5.79. The first-order valence-electron chi connectivity index (χ1n) is 5.96. The maximum absolute atomic E-state index is 11.2. The summed E-state index contributed by atoms with van der Waals surface area (Å²) >= 11 is 6.05. The van der Waals surface area contributed by atoms with Crippen LogP contribution in [0.4, 0.5) is 11.4 Å². The minimum Gasteiger partial charge on any atom is -0.478 e. The van der Waals surface area contributed by atoms with Gasteiger partial charge in [-0.05, 0) is 31.2 Å². The SMILES string of the molecule is Cc1cccc(CNc2c(Cl)cc(N)cc2C(=O)O)n1. The number of nitrogens with one attached hydrogen (secondary N) is 1. The molecule has 0 radical (unpaired) electrons. The zero-order valence-electron chi connectivity index (χ0n) is 10.9. The predicted octanol–water partition coefficient (Wildman–Crippen LogP) is 2.94. The summed E-state index contributed by atoms with van der Waals surface area (Å²) in [6.45, 7) is 2.27. The molecule has 104 valence electrons. The lowest BCUT2D eigenvalue weighted by molar-refractivity contribution is 0.0698. The Labute approximate surface area is 121 Å². The molecule has 0 aliphatic carbocycles. The predicted molar refractivity (Wildman–Crippen MR) is 79.1 cm³/mol. The number of nitrogens with two attached hydrogens (primary N) is 1. The van der Waals surface area contributed by atoms with Crippen molar-refractivity contribution in [3.8, 4) is 0 Å². The van der Waals surface area contributed by atoms with Crippen LogP contribution in [0.2, 0.25) is 5.02 Å². The van der Waals surface area contributed by atoms with E-state index in [1.54, 1.807) is 0 Å². The van der Waals surface area contributed by atoms with Crippen molar-refractivity contribution < 1.29 is 9.90 Å². The van der Waals surface area contributed by atoms with E-state index >= 15 is 0 Å². The number of benzene rings is 1. The van der Waals surface area contributed by atoms with E-state index in [4.69, 9.17) is 17.3 Å². The molecule has 1 heterocycles. The number of aromatic nitrogens is 1. The highest BCUT2D eigenvalue weighted by atomic mass is 35.5. The monoisotopic (exact) mass is 291 g/mol. The summed E-state index contributed by atoms with van der Waals surface area (Å²) in [6.07, 6.45) is 0. The molecule has 0 unspecified atom stereocenters. The van der Waals surface area contributed by atoms with Crippen molar-refractivity contribution in [3.05, 3.63) is 52.3 Å². The third-order valence-electron chi connectivity index (χ3n) is 2.74. The number of pyridine rings is 1. The summed E-state index contributed by atoms with van der Waals surface area (Å²) < 4.78 is 0. The van der Waals surface area contributed by atoms with Crippen molar-refractivity contribution in [1.29, 1.82) is 0 Å². The van der Waals surface area contributed by atoms with Gasteiger partial charge in [0, 0.05) is 11.4 Å². The summed E-state index contributed by atoms with van der Waals surface area (Å²) in [5.74, 6) is -1.08. The topological polar surface area (TPSA) is 88.2 Å². The molecule has 0 bridgehead atoms. The summed E-state index contributed by atoms with van der Waals surface area (Å²) in [4.78, 5) is 15.6. The summed E-state index contributed by atoms with van der Waals surface area (Å²) in [5, 5.41) is 12.5. The molecule has 20 heavy (non-hydrogen) atoms. The molecule has 0 atom stereocenters. The van der Waals surface area contributed by atoms with Crippen LogP contribution < -0.4 is 11.1 Å². The highest BCUT2D eigenvalue weighted by molar-refractivity contribution is 6.34. The number of carboxylic acids is 1. The van der Waals surface area contributed by atoms with Crippen molar-refractivity contribution >= 4 is 28.9 Å². The van der Waals surface area contributed by atoms with Gasteiger partial charge < -0.3 is 16.2 Å². The van der Waals surface area contributed by atoms with E-state index in [-0.39, 0.29) is 10.6 Å². The van der Waals surface area contributed by atoms with Crippen LogP contribution in [0.5, 0.6) is 0 Å². The van der Waals surface area contributed by atoms with E-state index in [0.29, 0.717) is 17.9 Å². The number of hydrogen-bond donors (Lipinski definition) is 3. The number of aryl methyl sites for hydroxylation is 1. The molecule has 1 aromatic heterocycles. The molecule has 0 aliphatic rings. The number of hydrogen-bond acceptors (Lipinski definition) is 4. The van der Waals surface area contributed by atoms with Gasteiger partial charge in [0.25, 0.3) is 0 Å². The first-order chi connectivity index (χ1) is 9.47. The van der Waals surface area contributed by atoms with Gasteiger partial charge in [-0.15, -0.1) is 0 Å². The molecule has 0 aliphatic heterocycles.